The van der Waals surface area contributed by atoms with E-state index >= 15 is 0 Å². The Balaban J connectivity index is 2.47. The summed E-state index contributed by atoms with van der Waals surface area (Å²) in [4.78, 5) is 17.2. The fraction of sp³-hybridized carbons (Fsp3) is 0.750. The number of esters is 1. The molecule has 5 heteroatoms. The van der Waals surface area contributed by atoms with Crippen LogP contribution in [0.3, 0.4) is 0 Å². The zero-order valence-corrected chi connectivity index (χ0v) is 14.9. The Kier molecular flexibility index (Phi) is 6.81. The quantitative estimate of drug-likeness (QED) is 0.615. The van der Waals surface area contributed by atoms with Crippen molar-refractivity contribution in [2.24, 2.45) is 0 Å². The molecule has 0 saturated heterocycles. The first kappa shape index (κ1) is 18.1. The lowest BCUT2D eigenvalue weighted by Gasteiger charge is -2.14. The molecule has 0 aromatic carbocycles. The molecule has 0 radical (unpaired) electrons. The molecule has 1 N–H and O–H groups in total. The first-order valence-corrected chi connectivity index (χ1v) is 8.44. The lowest BCUT2D eigenvalue weighted by atomic mass is 9.98. The highest BCUT2D eigenvalue weighted by Crippen LogP contribution is 2.32. The van der Waals surface area contributed by atoms with Gasteiger partial charge in [-0.05, 0) is 33.7 Å². The van der Waals surface area contributed by atoms with Crippen molar-refractivity contribution in [3.8, 4) is 0 Å². The average Bonchev–Trinajstić information content (AvgIpc) is 2.77. The molecule has 120 valence electrons. The van der Waals surface area contributed by atoms with E-state index < -0.39 is 0 Å². The van der Waals surface area contributed by atoms with Crippen LogP contribution >= 0.6 is 11.3 Å². The number of aromatic nitrogens is 1. The molecule has 1 aromatic heterocycles. The van der Waals surface area contributed by atoms with Crippen LogP contribution in [0.5, 0.6) is 0 Å². The second-order valence-electron chi connectivity index (χ2n) is 6.30. The van der Waals surface area contributed by atoms with E-state index in [0.717, 1.165) is 18.7 Å². The van der Waals surface area contributed by atoms with Crippen molar-refractivity contribution < 1.29 is 9.53 Å². The number of nitrogens with zero attached hydrogens (tertiary/aromatic N) is 1. The molecule has 21 heavy (non-hydrogen) atoms. The van der Waals surface area contributed by atoms with E-state index in [4.69, 9.17) is 4.74 Å². The van der Waals surface area contributed by atoms with Crippen molar-refractivity contribution in [1.82, 2.24) is 10.3 Å². The predicted octanol–water partition coefficient (Wildman–Crippen LogP) is 3.74. The van der Waals surface area contributed by atoms with Crippen LogP contribution in [0.15, 0.2) is 0 Å². The van der Waals surface area contributed by atoms with E-state index in [1.165, 1.54) is 9.88 Å². The number of ether oxygens (including phenoxy) is 1. The number of hydrogen-bond donors (Lipinski definition) is 1. The van der Waals surface area contributed by atoms with Crippen molar-refractivity contribution in [2.75, 3.05) is 13.2 Å². The van der Waals surface area contributed by atoms with Gasteiger partial charge >= 0.3 is 5.97 Å². The van der Waals surface area contributed by atoms with Gasteiger partial charge in [0.15, 0.2) is 0 Å². The summed E-state index contributed by atoms with van der Waals surface area (Å²) in [5.41, 5.74) is 1.20. The summed E-state index contributed by atoms with van der Waals surface area (Å²) >= 11 is 1.78. The Labute approximate surface area is 132 Å². The van der Waals surface area contributed by atoms with Crippen LogP contribution < -0.4 is 5.32 Å². The maximum absolute atomic E-state index is 11.3. The van der Waals surface area contributed by atoms with E-state index in [9.17, 15) is 4.79 Å². The summed E-state index contributed by atoms with van der Waals surface area (Å²) in [6.45, 7) is 13.9. The van der Waals surface area contributed by atoms with Gasteiger partial charge in [0.1, 0.15) is 0 Å². The van der Waals surface area contributed by atoms with Gasteiger partial charge in [0, 0.05) is 22.8 Å². The monoisotopic (exact) mass is 312 g/mol. The van der Waals surface area contributed by atoms with Crippen LogP contribution in [0.2, 0.25) is 0 Å². The van der Waals surface area contributed by atoms with Crippen molar-refractivity contribution >= 4 is 17.3 Å². The Bertz CT molecular complexity index is 463. The average molecular weight is 312 g/mol. The summed E-state index contributed by atoms with van der Waals surface area (Å²) in [6.07, 6.45) is 1.27. The second-order valence-corrected chi connectivity index (χ2v) is 7.33. The van der Waals surface area contributed by atoms with Gasteiger partial charge in [-0.2, -0.15) is 0 Å². The van der Waals surface area contributed by atoms with E-state index in [0.29, 0.717) is 13.0 Å². The highest BCUT2D eigenvalue weighted by molar-refractivity contribution is 7.12. The summed E-state index contributed by atoms with van der Waals surface area (Å²) < 4.78 is 4.92. The molecule has 0 fully saturated rings. The van der Waals surface area contributed by atoms with E-state index in [1.54, 1.807) is 11.3 Å². The smallest absolute Gasteiger partial charge is 0.305 e. The normalized spacial score (nSPS) is 13.2. The Hall–Kier alpha value is -0.940. The van der Waals surface area contributed by atoms with Gasteiger partial charge in [-0.25, -0.2) is 4.98 Å². The third-order valence-corrected chi connectivity index (χ3v) is 4.95. The van der Waals surface area contributed by atoms with Crippen LogP contribution in [-0.2, 0) is 14.9 Å². The molecule has 1 atom stereocenters. The lowest BCUT2D eigenvalue weighted by molar-refractivity contribution is -0.143. The van der Waals surface area contributed by atoms with Gasteiger partial charge in [-0.3, -0.25) is 4.79 Å². The molecular weight excluding hydrogens is 284 g/mol. The molecule has 0 bridgehead atoms. The van der Waals surface area contributed by atoms with E-state index in [-0.39, 0.29) is 17.4 Å². The van der Waals surface area contributed by atoms with Gasteiger partial charge < -0.3 is 10.1 Å². The maximum atomic E-state index is 11.3. The van der Waals surface area contributed by atoms with Crippen LogP contribution in [0, 0.1) is 6.92 Å². The van der Waals surface area contributed by atoms with E-state index in [1.807, 2.05) is 6.92 Å². The van der Waals surface area contributed by atoms with Crippen molar-refractivity contribution in [1.29, 1.82) is 0 Å². The minimum atomic E-state index is -0.115. The largest absolute Gasteiger partial charge is 0.466 e. The third-order valence-electron chi connectivity index (χ3n) is 3.18. The van der Waals surface area contributed by atoms with Gasteiger partial charge in [0.05, 0.1) is 17.3 Å². The molecule has 0 aliphatic heterocycles. The highest BCUT2D eigenvalue weighted by atomic mass is 32.1. The minimum Gasteiger partial charge on any atom is -0.466 e. The topological polar surface area (TPSA) is 51.2 Å². The number of hydrogen-bond acceptors (Lipinski definition) is 5. The van der Waals surface area contributed by atoms with Crippen LogP contribution in [0.1, 0.15) is 69.1 Å². The molecule has 4 nitrogen and oxygen atoms in total. The molecule has 0 aliphatic carbocycles. The third kappa shape index (κ3) is 5.75. The SMILES string of the molecule is CCOC(=O)CCCNC(C)c1sc(C(C)(C)C)nc1C. The number of carbonyl (C=O) groups excluding carboxylic acids is 1. The number of aryl methyl sites for hydroxylation is 1. The summed E-state index contributed by atoms with van der Waals surface area (Å²) in [7, 11) is 0. The zero-order chi connectivity index (χ0) is 16.0. The van der Waals surface area contributed by atoms with Crippen molar-refractivity contribution in [3.05, 3.63) is 15.6 Å². The summed E-state index contributed by atoms with van der Waals surface area (Å²) in [5.74, 6) is -0.115. The van der Waals surface area contributed by atoms with E-state index in [2.05, 4.69) is 44.9 Å². The van der Waals surface area contributed by atoms with Crippen molar-refractivity contribution in [3.63, 3.8) is 0 Å². The van der Waals surface area contributed by atoms with Crippen LogP contribution in [-0.4, -0.2) is 24.1 Å². The van der Waals surface area contributed by atoms with Gasteiger partial charge in [0.25, 0.3) is 0 Å². The fourth-order valence-corrected chi connectivity index (χ4v) is 3.16. The van der Waals surface area contributed by atoms with Gasteiger partial charge in [-0.15, -0.1) is 11.3 Å². The van der Waals surface area contributed by atoms with Crippen molar-refractivity contribution in [2.45, 2.75) is 65.8 Å². The molecular formula is C16H28N2O2S. The molecule has 0 spiro atoms. The Morgan fingerprint density at radius 3 is 2.62 bits per heavy atom. The molecule has 0 amide bonds. The number of nitrogens with one attached hydrogen (secondary N) is 1. The van der Waals surface area contributed by atoms with Gasteiger partial charge in [-0.1, -0.05) is 20.8 Å². The molecule has 1 unspecified atom stereocenters. The minimum absolute atomic E-state index is 0.0946. The second kappa shape index (κ2) is 7.90. The lowest BCUT2D eigenvalue weighted by Crippen LogP contribution is -2.20. The Morgan fingerprint density at radius 2 is 2.10 bits per heavy atom. The Morgan fingerprint density at radius 1 is 1.43 bits per heavy atom. The zero-order valence-electron chi connectivity index (χ0n) is 14.1. The molecule has 0 saturated carbocycles. The van der Waals surface area contributed by atoms with Crippen LogP contribution in [0.4, 0.5) is 0 Å². The standard InChI is InChI=1S/C16H28N2O2S/c1-7-20-13(19)9-8-10-17-11(2)14-12(3)18-15(21-14)16(4,5)6/h11,17H,7-10H2,1-6H3. The molecule has 1 rings (SSSR count). The summed E-state index contributed by atoms with van der Waals surface area (Å²) in [5, 5.41) is 4.64. The highest BCUT2D eigenvalue weighted by Gasteiger charge is 2.22. The number of rotatable bonds is 7. The predicted molar refractivity (Wildman–Crippen MR) is 87.8 cm³/mol. The molecule has 0 aliphatic rings. The molecule has 1 heterocycles. The number of thiazole rings is 1. The fourth-order valence-electron chi connectivity index (χ4n) is 2.01. The maximum Gasteiger partial charge on any atom is 0.305 e. The summed E-state index contributed by atoms with van der Waals surface area (Å²) in [6, 6.07) is 0.265. The number of carbonyl (C=O) groups is 1. The van der Waals surface area contributed by atoms with Gasteiger partial charge in [0.2, 0.25) is 0 Å². The molecule has 1 aromatic rings. The van der Waals surface area contributed by atoms with Crippen LogP contribution in [0.25, 0.3) is 0 Å². The first-order chi connectivity index (χ1) is 9.75. The first-order valence-electron chi connectivity index (χ1n) is 7.62.